The number of carbonyl (C=O) groups excluding carboxylic acids is 1. The van der Waals surface area contributed by atoms with E-state index in [1.54, 1.807) is 39.6 Å². The predicted octanol–water partition coefficient (Wildman–Crippen LogP) is 1.58. The molecule has 0 aliphatic carbocycles. The molecule has 1 N–H and O–H groups in total. The molecule has 0 unspecified atom stereocenters. The molecule has 0 fully saturated rings. The minimum Gasteiger partial charge on any atom is -0.453 e. The highest BCUT2D eigenvalue weighted by Crippen LogP contribution is 2.22. The average molecular weight is 313 g/mol. The smallest absolute Gasteiger partial charge is 0.453 e. The van der Waals surface area contributed by atoms with Crippen molar-refractivity contribution >= 4 is 5.97 Å². The van der Waals surface area contributed by atoms with Gasteiger partial charge in [0.2, 0.25) is 0 Å². The van der Waals surface area contributed by atoms with E-state index in [2.05, 4.69) is 0 Å². The number of rotatable bonds is 6. The second-order valence-corrected chi connectivity index (χ2v) is 5.56. The van der Waals surface area contributed by atoms with Gasteiger partial charge in [0.15, 0.2) is 18.1 Å². The Morgan fingerprint density at radius 1 is 1.36 bits per heavy atom. The van der Waals surface area contributed by atoms with Crippen LogP contribution in [0.15, 0.2) is 24.9 Å². The Hall–Kier alpha value is -2.02. The summed E-state index contributed by atoms with van der Waals surface area (Å²) < 4.78 is 14.7. The zero-order valence-corrected chi connectivity index (χ0v) is 13.8. The zero-order chi connectivity index (χ0) is 17.1. The lowest BCUT2D eigenvalue weighted by Crippen LogP contribution is -2.32. The molecule has 0 radical (unpaired) electrons. The molecular weight excluding hydrogens is 290 g/mol. The van der Waals surface area contributed by atoms with E-state index in [4.69, 9.17) is 13.6 Å². The number of aliphatic hydroxyl groups is 1. The third-order valence-electron chi connectivity index (χ3n) is 3.49. The number of hydrogen-bond donors (Lipinski definition) is 1. The highest BCUT2D eigenvalue weighted by Gasteiger charge is 2.27. The molecule has 124 valence electrons. The zero-order valence-electron chi connectivity index (χ0n) is 13.8. The Labute approximate surface area is 129 Å². The van der Waals surface area contributed by atoms with Crippen LogP contribution < -0.4 is 5.82 Å². The second kappa shape index (κ2) is 6.83. The first-order valence-electron chi connectivity index (χ1n) is 6.99. The molecule has 0 aliphatic rings. The summed E-state index contributed by atoms with van der Waals surface area (Å²) >= 11 is 0. The van der Waals surface area contributed by atoms with Crippen LogP contribution in [0.5, 0.6) is 0 Å². The predicted molar refractivity (Wildman–Crippen MR) is 79.1 cm³/mol. The fourth-order valence-electron chi connectivity index (χ4n) is 1.75. The molecule has 0 saturated carbocycles. The summed E-state index contributed by atoms with van der Waals surface area (Å²) in [4.78, 5) is 25.0. The van der Waals surface area contributed by atoms with E-state index >= 15 is 0 Å². The van der Waals surface area contributed by atoms with Crippen LogP contribution in [0.25, 0.3) is 0 Å². The number of carbonyl (C=O) groups is 1. The van der Waals surface area contributed by atoms with Crippen molar-refractivity contribution in [3.8, 4) is 0 Å². The lowest BCUT2D eigenvalue weighted by Gasteiger charge is -2.27. The number of aryl methyl sites for hydroxylation is 1. The van der Waals surface area contributed by atoms with Gasteiger partial charge in [-0.1, -0.05) is 0 Å². The molecule has 0 bridgehead atoms. The van der Waals surface area contributed by atoms with Crippen LogP contribution in [0.4, 0.5) is 0 Å². The number of hydrogen-bond acceptors (Lipinski definition) is 7. The molecule has 1 heterocycles. The highest BCUT2D eigenvalue weighted by atomic mass is 16.6. The van der Waals surface area contributed by atoms with Gasteiger partial charge >= 0.3 is 11.8 Å². The van der Waals surface area contributed by atoms with Crippen LogP contribution in [-0.4, -0.2) is 35.2 Å². The fraction of sp³-hybridized carbons (Fsp3) is 0.600. The molecule has 1 rings (SSSR count). The molecule has 22 heavy (non-hydrogen) atoms. The molecule has 0 spiro atoms. The first-order chi connectivity index (χ1) is 10.1. The molecule has 0 saturated heterocycles. The van der Waals surface area contributed by atoms with Gasteiger partial charge in [0.05, 0.1) is 5.60 Å². The van der Waals surface area contributed by atoms with Crippen molar-refractivity contribution < 1.29 is 23.5 Å². The maximum Gasteiger partial charge on any atom is 0.519 e. The number of likely N-dealkylation sites (N-methyl/N-ethyl adjacent to an activating group) is 1. The Morgan fingerprint density at radius 2 is 1.95 bits per heavy atom. The van der Waals surface area contributed by atoms with Gasteiger partial charge in [-0.3, -0.25) is 0 Å². The average Bonchev–Trinajstić information content (AvgIpc) is 2.73. The van der Waals surface area contributed by atoms with Crippen molar-refractivity contribution in [2.45, 2.75) is 46.8 Å². The van der Waals surface area contributed by atoms with E-state index < -0.39 is 17.4 Å². The normalized spacial score (nSPS) is 12.9. The van der Waals surface area contributed by atoms with Crippen LogP contribution in [-0.2, 0) is 16.1 Å². The van der Waals surface area contributed by atoms with Crippen LogP contribution >= 0.6 is 0 Å². The maximum absolute atomic E-state index is 12.3. The molecule has 0 atom stereocenters. The molecule has 0 amide bonds. The third-order valence-corrected chi connectivity index (χ3v) is 3.49. The summed E-state index contributed by atoms with van der Waals surface area (Å²) in [6, 6.07) is 0. The van der Waals surface area contributed by atoms with Crippen molar-refractivity contribution in [3.05, 3.63) is 33.4 Å². The summed E-state index contributed by atoms with van der Waals surface area (Å²) in [5, 5.41) is 10.1. The Bertz CT molecular complexity index is 617. The van der Waals surface area contributed by atoms with Gasteiger partial charge in [-0.2, -0.15) is 0 Å². The largest absolute Gasteiger partial charge is 0.519 e. The fourth-order valence-corrected chi connectivity index (χ4v) is 1.75. The second-order valence-electron chi connectivity index (χ2n) is 5.56. The number of esters is 1. The van der Waals surface area contributed by atoms with Gasteiger partial charge < -0.3 is 23.6 Å². The minimum absolute atomic E-state index is 0.165. The van der Waals surface area contributed by atoms with Crippen molar-refractivity contribution in [1.82, 2.24) is 4.90 Å². The van der Waals surface area contributed by atoms with Crippen molar-refractivity contribution in [2.24, 2.45) is 0 Å². The number of ether oxygens (including phenoxy) is 1. The van der Waals surface area contributed by atoms with Gasteiger partial charge in [-0.15, -0.1) is 0 Å². The monoisotopic (exact) mass is 313 g/mol. The summed E-state index contributed by atoms with van der Waals surface area (Å²) in [5.74, 6) is -1.01. The van der Waals surface area contributed by atoms with Crippen LogP contribution in [0.2, 0.25) is 0 Å². The standard InChI is InChI=1S/C15H23NO6/c1-7-16(6)12(9(2)15(4,5)19)13(17)20-8-11-10(3)21-14(18)22-11/h19H,7-8H2,1-6H3. The summed E-state index contributed by atoms with van der Waals surface area (Å²) in [5.41, 5.74) is -0.388. The third kappa shape index (κ3) is 4.24. The quantitative estimate of drug-likeness (QED) is 0.629. The Kier molecular flexibility index (Phi) is 5.59. The summed E-state index contributed by atoms with van der Waals surface area (Å²) in [7, 11) is 1.73. The van der Waals surface area contributed by atoms with Crippen LogP contribution in [0, 0.1) is 6.92 Å². The summed E-state index contributed by atoms with van der Waals surface area (Å²) in [6.07, 6.45) is 0. The molecule has 7 nitrogen and oxygen atoms in total. The first kappa shape index (κ1) is 18.0. The molecule has 7 heteroatoms. The molecular formula is C15H23NO6. The van der Waals surface area contributed by atoms with Crippen molar-refractivity contribution in [2.75, 3.05) is 13.6 Å². The topological polar surface area (TPSA) is 93.1 Å². The van der Waals surface area contributed by atoms with Crippen molar-refractivity contribution in [3.63, 3.8) is 0 Å². The summed E-state index contributed by atoms with van der Waals surface area (Å²) in [6.45, 7) is 8.65. The molecule has 1 aromatic rings. The lowest BCUT2D eigenvalue weighted by atomic mass is 9.97. The van der Waals surface area contributed by atoms with E-state index in [0.717, 1.165) is 0 Å². The Morgan fingerprint density at radius 3 is 2.36 bits per heavy atom. The van der Waals surface area contributed by atoms with E-state index in [9.17, 15) is 14.7 Å². The maximum atomic E-state index is 12.3. The van der Waals surface area contributed by atoms with Gasteiger partial charge in [0.25, 0.3) is 0 Å². The minimum atomic E-state index is -1.16. The van der Waals surface area contributed by atoms with Crippen LogP contribution in [0.1, 0.15) is 39.2 Å². The van der Waals surface area contributed by atoms with E-state index in [1.165, 1.54) is 0 Å². The van der Waals surface area contributed by atoms with Gasteiger partial charge in [-0.25, -0.2) is 9.59 Å². The van der Waals surface area contributed by atoms with Gasteiger partial charge in [-0.05, 0) is 40.2 Å². The van der Waals surface area contributed by atoms with Gasteiger partial charge in [0.1, 0.15) is 5.70 Å². The lowest BCUT2D eigenvalue weighted by molar-refractivity contribution is -0.142. The molecule has 0 aliphatic heterocycles. The van der Waals surface area contributed by atoms with Crippen molar-refractivity contribution in [1.29, 1.82) is 0 Å². The van der Waals surface area contributed by atoms with Crippen LogP contribution in [0.3, 0.4) is 0 Å². The van der Waals surface area contributed by atoms with E-state index in [1.807, 2.05) is 6.92 Å². The molecule has 1 aromatic heterocycles. The highest BCUT2D eigenvalue weighted by molar-refractivity contribution is 5.88. The first-order valence-corrected chi connectivity index (χ1v) is 6.99. The van der Waals surface area contributed by atoms with Gasteiger partial charge in [0, 0.05) is 13.6 Å². The SMILES string of the molecule is CCN(C)C(C(=O)OCc1oc(=O)oc1C)=C(C)C(C)(C)O. The Balaban J connectivity index is 2.99. The van der Waals surface area contributed by atoms with E-state index in [0.29, 0.717) is 12.1 Å². The number of nitrogens with zero attached hydrogens (tertiary/aromatic N) is 1. The molecule has 0 aromatic carbocycles. The van der Waals surface area contributed by atoms with E-state index in [-0.39, 0.29) is 23.8 Å².